The Kier molecular flexibility index (Phi) is 7.28. The van der Waals surface area contributed by atoms with Gasteiger partial charge in [0.2, 0.25) is 10.0 Å². The highest BCUT2D eigenvalue weighted by Crippen LogP contribution is 2.31. The molecular formula is C22H21Cl2N3O4S. The van der Waals surface area contributed by atoms with Crippen molar-refractivity contribution in [3.8, 4) is 11.3 Å². The Labute approximate surface area is 196 Å². The second-order valence-corrected chi connectivity index (χ2v) is 9.93. The van der Waals surface area contributed by atoms with Gasteiger partial charge in [-0.15, -0.1) is 0 Å². The third kappa shape index (κ3) is 5.91. The summed E-state index contributed by atoms with van der Waals surface area (Å²) in [5, 5.41) is 4.81. The van der Waals surface area contributed by atoms with E-state index in [1.54, 1.807) is 49.4 Å². The fraction of sp³-hybridized carbons (Fsp3) is 0.182. The first kappa shape index (κ1) is 23.8. The molecule has 0 saturated carbocycles. The van der Waals surface area contributed by atoms with E-state index in [2.05, 4.69) is 10.5 Å². The monoisotopic (exact) mass is 493 g/mol. The van der Waals surface area contributed by atoms with Crippen LogP contribution in [-0.4, -0.2) is 33.3 Å². The van der Waals surface area contributed by atoms with Gasteiger partial charge in [-0.05, 0) is 61.4 Å². The Morgan fingerprint density at radius 1 is 1.12 bits per heavy atom. The van der Waals surface area contributed by atoms with Crippen LogP contribution in [0, 0.1) is 13.8 Å². The van der Waals surface area contributed by atoms with Crippen LogP contribution in [0.4, 0.5) is 5.69 Å². The number of hydrogen-bond acceptors (Lipinski definition) is 5. The van der Waals surface area contributed by atoms with Crippen LogP contribution in [0.3, 0.4) is 0 Å². The number of carbonyl (C=O) groups excluding carboxylic acids is 1. The van der Waals surface area contributed by atoms with Gasteiger partial charge in [0.1, 0.15) is 18.1 Å². The molecule has 0 bridgehead atoms. The summed E-state index contributed by atoms with van der Waals surface area (Å²) in [7, 11) is -3.68. The van der Waals surface area contributed by atoms with Crippen LogP contribution in [0.2, 0.25) is 10.0 Å². The molecule has 7 nitrogen and oxygen atoms in total. The van der Waals surface area contributed by atoms with Gasteiger partial charge >= 0.3 is 0 Å². The lowest BCUT2D eigenvalue weighted by Crippen LogP contribution is -2.39. The first-order chi connectivity index (χ1) is 15.0. The van der Waals surface area contributed by atoms with Crippen LogP contribution in [0.5, 0.6) is 0 Å². The van der Waals surface area contributed by atoms with Gasteiger partial charge in [-0.2, -0.15) is 5.10 Å². The molecule has 0 spiro atoms. The lowest BCUT2D eigenvalue weighted by molar-refractivity contribution is -0.119. The number of carbonyl (C=O) groups is 1. The van der Waals surface area contributed by atoms with Crippen molar-refractivity contribution < 1.29 is 17.6 Å². The molecule has 1 heterocycles. The van der Waals surface area contributed by atoms with Crippen molar-refractivity contribution in [3.05, 3.63) is 75.5 Å². The van der Waals surface area contributed by atoms with Crippen LogP contribution in [0.25, 0.3) is 11.3 Å². The number of anilines is 1. The molecule has 10 heteroatoms. The largest absolute Gasteiger partial charge is 0.455 e. The van der Waals surface area contributed by atoms with Crippen LogP contribution in [-0.2, 0) is 14.8 Å². The zero-order chi connectivity index (χ0) is 23.5. The highest BCUT2D eigenvalue weighted by molar-refractivity contribution is 7.92. The number of rotatable bonds is 7. The summed E-state index contributed by atoms with van der Waals surface area (Å²) < 4.78 is 31.3. The fourth-order valence-corrected chi connectivity index (χ4v) is 4.37. The number of benzene rings is 2. The number of furan rings is 1. The minimum absolute atomic E-state index is 0.376. The third-order valence-electron chi connectivity index (χ3n) is 4.53. The van der Waals surface area contributed by atoms with Gasteiger partial charge in [-0.3, -0.25) is 9.10 Å². The van der Waals surface area contributed by atoms with E-state index in [9.17, 15) is 13.2 Å². The first-order valence-corrected chi connectivity index (χ1v) is 12.1. The number of halogens is 2. The van der Waals surface area contributed by atoms with Crippen LogP contribution in [0.1, 0.15) is 16.9 Å². The summed E-state index contributed by atoms with van der Waals surface area (Å²) in [6.45, 7) is 3.22. The highest BCUT2D eigenvalue weighted by Gasteiger charge is 2.22. The topological polar surface area (TPSA) is 92.0 Å². The summed E-state index contributed by atoms with van der Waals surface area (Å²) in [6, 6.07) is 13.8. The number of nitrogens with zero attached hydrogens (tertiary/aromatic N) is 2. The van der Waals surface area contributed by atoms with E-state index in [1.807, 2.05) is 13.0 Å². The van der Waals surface area contributed by atoms with Gasteiger partial charge in [0.15, 0.2) is 0 Å². The molecule has 3 aromatic rings. The maximum Gasteiger partial charge on any atom is 0.260 e. The van der Waals surface area contributed by atoms with Crippen molar-refractivity contribution >= 4 is 51.0 Å². The second kappa shape index (κ2) is 9.77. The molecule has 0 aliphatic heterocycles. The molecule has 0 aliphatic carbocycles. The van der Waals surface area contributed by atoms with Crippen LogP contribution in [0.15, 0.2) is 58.0 Å². The molecule has 0 radical (unpaired) electrons. The lowest BCUT2D eigenvalue weighted by Gasteiger charge is -2.23. The van der Waals surface area contributed by atoms with E-state index in [4.69, 9.17) is 27.6 Å². The Hall–Kier alpha value is -2.81. The molecule has 168 valence electrons. The van der Waals surface area contributed by atoms with Gasteiger partial charge in [0.05, 0.1) is 23.2 Å². The Morgan fingerprint density at radius 3 is 2.56 bits per heavy atom. The van der Waals surface area contributed by atoms with E-state index in [0.29, 0.717) is 32.8 Å². The van der Waals surface area contributed by atoms with Gasteiger partial charge < -0.3 is 4.42 Å². The number of aryl methyl sites for hydroxylation is 2. The average Bonchev–Trinajstić information content (AvgIpc) is 3.16. The zero-order valence-electron chi connectivity index (χ0n) is 17.6. The standard InChI is InChI=1S/C22H21Cl2N3O4S/c1-14-4-5-15(2)20(10-14)27(32(3,29)30)13-22(28)26-25-12-17-7-9-21(31-17)18-8-6-16(23)11-19(18)24/h4-12H,13H2,1-3H3,(H,26,28)/b25-12-. The number of nitrogens with one attached hydrogen (secondary N) is 1. The SMILES string of the molecule is Cc1ccc(C)c(N(CC(=O)N/N=C\c2ccc(-c3ccc(Cl)cc3Cl)o2)S(C)(=O)=O)c1. The predicted molar refractivity (Wildman–Crippen MR) is 128 cm³/mol. The quantitative estimate of drug-likeness (QED) is 0.378. The Bertz CT molecular complexity index is 1290. The molecule has 0 fully saturated rings. The van der Waals surface area contributed by atoms with Crippen molar-refractivity contribution in [1.82, 2.24) is 5.43 Å². The summed E-state index contributed by atoms with van der Waals surface area (Å²) in [4.78, 5) is 12.4. The molecule has 1 N–H and O–H groups in total. The maximum atomic E-state index is 12.4. The first-order valence-electron chi connectivity index (χ1n) is 9.47. The second-order valence-electron chi connectivity index (χ2n) is 7.18. The molecular weight excluding hydrogens is 473 g/mol. The molecule has 1 aromatic heterocycles. The summed E-state index contributed by atoms with van der Waals surface area (Å²) >= 11 is 12.1. The van der Waals surface area contributed by atoms with E-state index in [-0.39, 0.29) is 0 Å². The fourth-order valence-electron chi connectivity index (χ4n) is 2.96. The molecule has 0 atom stereocenters. The molecule has 32 heavy (non-hydrogen) atoms. The summed E-state index contributed by atoms with van der Waals surface area (Å²) in [6.07, 6.45) is 2.37. The predicted octanol–water partition coefficient (Wildman–Crippen LogP) is 4.79. The Balaban J connectivity index is 1.69. The maximum absolute atomic E-state index is 12.4. The number of amides is 1. The summed E-state index contributed by atoms with van der Waals surface area (Å²) in [5.41, 5.74) is 5.06. The van der Waals surface area contributed by atoms with Gasteiger partial charge in [0, 0.05) is 10.6 Å². The van der Waals surface area contributed by atoms with Crippen molar-refractivity contribution in [2.24, 2.45) is 5.10 Å². The molecule has 0 unspecified atom stereocenters. The normalized spacial score (nSPS) is 11.7. The molecule has 2 aromatic carbocycles. The van der Waals surface area contributed by atoms with Gasteiger partial charge in [0.25, 0.3) is 5.91 Å². The van der Waals surface area contributed by atoms with Crippen LogP contribution >= 0.6 is 23.2 Å². The van der Waals surface area contributed by atoms with Crippen molar-refractivity contribution in [1.29, 1.82) is 0 Å². The van der Waals surface area contributed by atoms with Crippen molar-refractivity contribution in [3.63, 3.8) is 0 Å². The minimum Gasteiger partial charge on any atom is -0.455 e. The summed E-state index contributed by atoms with van der Waals surface area (Å²) in [5.74, 6) is 0.290. The number of hydrogen-bond donors (Lipinski definition) is 1. The molecule has 0 saturated heterocycles. The van der Waals surface area contributed by atoms with Crippen LogP contribution < -0.4 is 9.73 Å². The molecule has 1 amide bonds. The number of sulfonamides is 1. The van der Waals surface area contributed by atoms with Gasteiger partial charge in [-0.25, -0.2) is 13.8 Å². The van der Waals surface area contributed by atoms with Crippen molar-refractivity contribution in [2.45, 2.75) is 13.8 Å². The molecule has 3 rings (SSSR count). The average molecular weight is 494 g/mol. The number of hydrazone groups is 1. The highest BCUT2D eigenvalue weighted by atomic mass is 35.5. The van der Waals surface area contributed by atoms with E-state index in [1.165, 1.54) is 6.21 Å². The zero-order valence-corrected chi connectivity index (χ0v) is 19.9. The smallest absolute Gasteiger partial charge is 0.260 e. The van der Waals surface area contributed by atoms with Gasteiger partial charge in [-0.1, -0.05) is 35.3 Å². The Morgan fingerprint density at radius 2 is 1.88 bits per heavy atom. The van der Waals surface area contributed by atoms with Crippen molar-refractivity contribution in [2.75, 3.05) is 17.1 Å². The van der Waals surface area contributed by atoms with E-state index in [0.717, 1.165) is 21.7 Å². The minimum atomic E-state index is -3.68. The molecule has 0 aliphatic rings. The lowest BCUT2D eigenvalue weighted by atomic mass is 10.1. The van der Waals surface area contributed by atoms with E-state index < -0.39 is 22.5 Å². The van der Waals surface area contributed by atoms with E-state index >= 15 is 0 Å². The third-order valence-corrected chi connectivity index (χ3v) is 6.20.